The molecule has 3 heteroatoms. The maximum atomic E-state index is 9.61. The zero-order valence-corrected chi connectivity index (χ0v) is 5.52. The molecule has 9 heavy (non-hydrogen) atoms. The summed E-state index contributed by atoms with van der Waals surface area (Å²) in [5, 5.41) is 1.95. The van der Waals surface area contributed by atoms with E-state index in [0.717, 1.165) is 4.88 Å². The molecule has 0 amide bonds. The first kappa shape index (κ1) is 6.20. The van der Waals surface area contributed by atoms with E-state index in [1.165, 1.54) is 6.08 Å². The Morgan fingerprint density at radius 1 is 1.78 bits per heavy atom. The zero-order chi connectivity index (χ0) is 6.53. The smallest absolute Gasteiger partial charge is 0.211 e. The van der Waals surface area contributed by atoms with E-state index in [-0.39, 0.29) is 0 Å². The van der Waals surface area contributed by atoms with Crippen LogP contribution < -0.4 is 0 Å². The van der Waals surface area contributed by atoms with Gasteiger partial charge in [-0.1, -0.05) is 6.07 Å². The number of rotatable bonds is 2. The fourth-order valence-electron chi connectivity index (χ4n) is 0.513. The van der Waals surface area contributed by atoms with E-state index in [0.29, 0.717) is 6.54 Å². The molecule has 0 fully saturated rings. The average Bonchev–Trinajstić information content (AvgIpc) is 2.34. The van der Waals surface area contributed by atoms with Gasteiger partial charge in [-0.25, -0.2) is 9.79 Å². The monoisotopic (exact) mass is 139 g/mol. The first-order valence-electron chi connectivity index (χ1n) is 2.49. The van der Waals surface area contributed by atoms with Crippen molar-refractivity contribution in [3.05, 3.63) is 22.4 Å². The third-order valence-electron chi connectivity index (χ3n) is 0.880. The van der Waals surface area contributed by atoms with E-state index in [1.807, 2.05) is 17.5 Å². The molecule has 0 radical (unpaired) electrons. The highest BCUT2D eigenvalue weighted by Crippen LogP contribution is 2.08. The predicted molar refractivity (Wildman–Crippen MR) is 36.1 cm³/mol. The highest BCUT2D eigenvalue weighted by atomic mass is 32.1. The van der Waals surface area contributed by atoms with Crippen molar-refractivity contribution in [1.29, 1.82) is 0 Å². The van der Waals surface area contributed by atoms with Crippen LogP contribution in [0.4, 0.5) is 0 Å². The molecule has 0 N–H and O–H groups in total. The van der Waals surface area contributed by atoms with E-state index in [2.05, 4.69) is 4.99 Å². The lowest BCUT2D eigenvalue weighted by molar-refractivity contribution is 0.563. The van der Waals surface area contributed by atoms with Crippen molar-refractivity contribution in [1.82, 2.24) is 0 Å². The Hall–Kier alpha value is -0.920. The molecule has 0 aromatic carbocycles. The summed E-state index contributed by atoms with van der Waals surface area (Å²) >= 11 is 1.59. The SMILES string of the molecule is O=C=NCc1cccs1. The maximum Gasteiger partial charge on any atom is 0.235 e. The molecule has 0 atom stereocenters. The van der Waals surface area contributed by atoms with Crippen molar-refractivity contribution >= 4 is 17.4 Å². The summed E-state index contributed by atoms with van der Waals surface area (Å²) in [6, 6.07) is 3.87. The molecular formula is C6H5NOS. The minimum absolute atomic E-state index is 0.473. The molecule has 0 aliphatic carbocycles. The summed E-state index contributed by atoms with van der Waals surface area (Å²) < 4.78 is 0. The van der Waals surface area contributed by atoms with Gasteiger partial charge in [0.2, 0.25) is 6.08 Å². The van der Waals surface area contributed by atoms with Gasteiger partial charge in [0.1, 0.15) is 0 Å². The Morgan fingerprint density at radius 3 is 3.22 bits per heavy atom. The summed E-state index contributed by atoms with van der Waals surface area (Å²) in [5.41, 5.74) is 0. The molecule has 0 saturated heterocycles. The van der Waals surface area contributed by atoms with E-state index in [4.69, 9.17) is 0 Å². The molecule has 0 bridgehead atoms. The Balaban J connectivity index is 2.57. The van der Waals surface area contributed by atoms with E-state index < -0.39 is 0 Å². The van der Waals surface area contributed by atoms with Gasteiger partial charge in [0, 0.05) is 4.88 Å². The molecule has 1 aromatic heterocycles. The minimum atomic E-state index is 0.473. The van der Waals surface area contributed by atoms with Crippen molar-refractivity contribution in [2.45, 2.75) is 6.54 Å². The van der Waals surface area contributed by atoms with Crippen LogP contribution in [0.3, 0.4) is 0 Å². The van der Waals surface area contributed by atoms with Crippen molar-refractivity contribution in [3.63, 3.8) is 0 Å². The zero-order valence-electron chi connectivity index (χ0n) is 4.70. The number of thiophene rings is 1. The average molecular weight is 139 g/mol. The van der Waals surface area contributed by atoms with Crippen molar-refractivity contribution in [2.75, 3.05) is 0 Å². The third-order valence-corrected chi connectivity index (χ3v) is 1.74. The van der Waals surface area contributed by atoms with E-state index in [9.17, 15) is 4.79 Å². The van der Waals surface area contributed by atoms with Gasteiger partial charge in [-0.05, 0) is 11.4 Å². The fraction of sp³-hybridized carbons (Fsp3) is 0.167. The second-order valence-corrected chi connectivity index (χ2v) is 2.52. The van der Waals surface area contributed by atoms with Crippen LogP contribution in [0.1, 0.15) is 4.88 Å². The maximum absolute atomic E-state index is 9.61. The number of hydrogen-bond donors (Lipinski definition) is 0. The first-order valence-corrected chi connectivity index (χ1v) is 3.37. The van der Waals surface area contributed by atoms with Gasteiger partial charge in [0.25, 0.3) is 0 Å². The van der Waals surface area contributed by atoms with Crippen LogP contribution in [0, 0.1) is 0 Å². The van der Waals surface area contributed by atoms with Crippen LogP contribution >= 0.6 is 11.3 Å². The summed E-state index contributed by atoms with van der Waals surface area (Å²) in [5.74, 6) is 0. The van der Waals surface area contributed by atoms with Crippen LogP contribution in [0.25, 0.3) is 0 Å². The molecule has 2 nitrogen and oxygen atoms in total. The second kappa shape index (κ2) is 3.17. The van der Waals surface area contributed by atoms with Crippen LogP contribution in [-0.2, 0) is 11.3 Å². The van der Waals surface area contributed by atoms with Gasteiger partial charge in [-0.15, -0.1) is 11.3 Å². The van der Waals surface area contributed by atoms with Crippen molar-refractivity contribution in [3.8, 4) is 0 Å². The largest absolute Gasteiger partial charge is 0.235 e. The molecule has 0 saturated carbocycles. The van der Waals surface area contributed by atoms with E-state index in [1.54, 1.807) is 11.3 Å². The summed E-state index contributed by atoms with van der Waals surface area (Å²) in [4.78, 5) is 14.1. The predicted octanol–water partition coefficient (Wildman–Crippen LogP) is 1.58. The quantitative estimate of drug-likeness (QED) is 0.452. The summed E-state index contributed by atoms with van der Waals surface area (Å²) in [7, 11) is 0. The minimum Gasteiger partial charge on any atom is -0.211 e. The lowest BCUT2D eigenvalue weighted by Crippen LogP contribution is -1.69. The molecule has 1 heterocycles. The highest BCUT2D eigenvalue weighted by Gasteiger charge is 1.87. The fourth-order valence-corrected chi connectivity index (χ4v) is 1.14. The van der Waals surface area contributed by atoms with Crippen molar-refractivity contribution < 1.29 is 4.79 Å². The van der Waals surface area contributed by atoms with Crippen LogP contribution in [0.15, 0.2) is 22.5 Å². The molecular weight excluding hydrogens is 134 g/mol. The first-order chi connectivity index (χ1) is 4.43. The second-order valence-electron chi connectivity index (χ2n) is 1.49. The van der Waals surface area contributed by atoms with Gasteiger partial charge in [-0.3, -0.25) is 0 Å². The van der Waals surface area contributed by atoms with Gasteiger partial charge in [0.15, 0.2) is 0 Å². The van der Waals surface area contributed by atoms with Gasteiger partial charge >= 0.3 is 0 Å². The molecule has 0 unspecified atom stereocenters. The van der Waals surface area contributed by atoms with Gasteiger partial charge in [0.05, 0.1) is 6.54 Å². The van der Waals surface area contributed by atoms with Crippen LogP contribution in [-0.4, -0.2) is 6.08 Å². The van der Waals surface area contributed by atoms with Gasteiger partial charge in [-0.2, -0.15) is 0 Å². The highest BCUT2D eigenvalue weighted by molar-refractivity contribution is 7.09. The number of aliphatic imine (C=N–C) groups is 1. The molecule has 1 rings (SSSR count). The number of hydrogen-bond acceptors (Lipinski definition) is 3. The topological polar surface area (TPSA) is 29.4 Å². The lowest BCUT2D eigenvalue weighted by atomic mass is 10.5. The molecule has 0 spiro atoms. The van der Waals surface area contributed by atoms with E-state index >= 15 is 0 Å². The Morgan fingerprint density at radius 2 is 2.67 bits per heavy atom. The number of carbonyl (C=O) groups excluding carboxylic acids is 1. The number of nitrogens with zero attached hydrogens (tertiary/aromatic N) is 1. The van der Waals surface area contributed by atoms with Crippen LogP contribution in [0.5, 0.6) is 0 Å². The Bertz CT molecular complexity index is 211. The molecule has 0 aliphatic rings. The molecule has 1 aromatic rings. The van der Waals surface area contributed by atoms with Crippen LogP contribution in [0.2, 0.25) is 0 Å². The molecule has 0 aliphatic heterocycles. The molecule has 46 valence electrons. The summed E-state index contributed by atoms with van der Waals surface area (Å²) in [6.07, 6.45) is 1.49. The van der Waals surface area contributed by atoms with Crippen molar-refractivity contribution in [2.24, 2.45) is 4.99 Å². The third kappa shape index (κ3) is 1.80. The van der Waals surface area contributed by atoms with Gasteiger partial charge < -0.3 is 0 Å². The standard InChI is InChI=1S/C6H5NOS/c8-5-7-4-6-2-1-3-9-6/h1-3H,4H2. The number of isocyanates is 1. The normalized spacial score (nSPS) is 8.44. The Labute approximate surface area is 56.9 Å². The summed E-state index contributed by atoms with van der Waals surface area (Å²) in [6.45, 7) is 0.473. The lowest BCUT2D eigenvalue weighted by Gasteiger charge is -1.80. The Kier molecular flexibility index (Phi) is 2.19.